The predicted octanol–water partition coefficient (Wildman–Crippen LogP) is 2.37. The molecular formula is C11H21N. The predicted molar refractivity (Wildman–Crippen MR) is 52.1 cm³/mol. The lowest BCUT2D eigenvalue weighted by molar-refractivity contribution is 0.0681. The number of hydrogen-bond donors (Lipinski definition) is 0. The fourth-order valence-corrected chi connectivity index (χ4v) is 2.41. The van der Waals surface area contributed by atoms with E-state index in [0.29, 0.717) is 0 Å². The number of rotatable bonds is 3. The first-order chi connectivity index (χ1) is 5.75. The lowest BCUT2D eigenvalue weighted by Gasteiger charge is -2.43. The van der Waals surface area contributed by atoms with Crippen LogP contribution < -0.4 is 0 Å². The van der Waals surface area contributed by atoms with Gasteiger partial charge in [0.25, 0.3) is 0 Å². The van der Waals surface area contributed by atoms with Gasteiger partial charge in [0.2, 0.25) is 0 Å². The quantitative estimate of drug-likeness (QED) is 0.624. The molecule has 1 aliphatic carbocycles. The number of hydrogen-bond acceptors (Lipinski definition) is 1. The lowest BCUT2D eigenvalue weighted by Crippen LogP contribution is -2.44. The van der Waals surface area contributed by atoms with Crippen LogP contribution in [0.1, 0.15) is 33.1 Å². The highest BCUT2D eigenvalue weighted by Gasteiger charge is 2.32. The van der Waals surface area contributed by atoms with Crippen molar-refractivity contribution >= 4 is 0 Å². The molecule has 0 amide bonds. The Morgan fingerprint density at radius 1 is 1.25 bits per heavy atom. The molecule has 0 N–H and O–H groups in total. The molecule has 2 fully saturated rings. The van der Waals surface area contributed by atoms with E-state index < -0.39 is 0 Å². The van der Waals surface area contributed by atoms with Crippen molar-refractivity contribution in [1.82, 2.24) is 4.90 Å². The van der Waals surface area contributed by atoms with Gasteiger partial charge in [-0.2, -0.15) is 0 Å². The molecule has 1 heterocycles. The summed E-state index contributed by atoms with van der Waals surface area (Å²) in [4.78, 5) is 2.61. The molecule has 12 heavy (non-hydrogen) atoms. The van der Waals surface area contributed by atoms with E-state index in [9.17, 15) is 0 Å². The summed E-state index contributed by atoms with van der Waals surface area (Å²) in [7, 11) is 0. The van der Waals surface area contributed by atoms with E-state index in [0.717, 1.165) is 17.8 Å². The summed E-state index contributed by atoms with van der Waals surface area (Å²) in [6.45, 7) is 8.89. The fourth-order valence-electron chi connectivity index (χ4n) is 2.41. The van der Waals surface area contributed by atoms with Gasteiger partial charge in [0.1, 0.15) is 0 Å². The van der Waals surface area contributed by atoms with E-state index in [1.807, 2.05) is 0 Å². The van der Waals surface area contributed by atoms with Crippen molar-refractivity contribution < 1.29 is 0 Å². The zero-order chi connectivity index (χ0) is 8.55. The highest BCUT2D eigenvalue weighted by Crippen LogP contribution is 2.39. The first kappa shape index (κ1) is 8.55. The van der Waals surface area contributed by atoms with E-state index >= 15 is 0 Å². The largest absolute Gasteiger partial charge is 0.303 e. The Morgan fingerprint density at radius 2 is 1.92 bits per heavy atom. The van der Waals surface area contributed by atoms with Gasteiger partial charge in [0.05, 0.1) is 0 Å². The van der Waals surface area contributed by atoms with Gasteiger partial charge < -0.3 is 4.90 Å². The van der Waals surface area contributed by atoms with Crippen molar-refractivity contribution in [2.75, 3.05) is 19.6 Å². The zero-order valence-electron chi connectivity index (χ0n) is 8.42. The summed E-state index contributed by atoms with van der Waals surface area (Å²) in [5.41, 5.74) is 0. The highest BCUT2D eigenvalue weighted by molar-refractivity contribution is 4.85. The summed E-state index contributed by atoms with van der Waals surface area (Å²) >= 11 is 0. The van der Waals surface area contributed by atoms with E-state index in [2.05, 4.69) is 18.7 Å². The van der Waals surface area contributed by atoms with Crippen LogP contribution in [-0.2, 0) is 0 Å². The summed E-state index contributed by atoms with van der Waals surface area (Å²) in [5, 5.41) is 0. The van der Waals surface area contributed by atoms with E-state index in [1.54, 1.807) is 0 Å². The Bertz CT molecular complexity index is 143. The zero-order valence-corrected chi connectivity index (χ0v) is 8.42. The average molecular weight is 167 g/mol. The van der Waals surface area contributed by atoms with Crippen LogP contribution in [0.2, 0.25) is 0 Å². The lowest BCUT2D eigenvalue weighted by atomic mass is 9.69. The van der Waals surface area contributed by atoms with Crippen molar-refractivity contribution in [2.24, 2.45) is 17.8 Å². The third kappa shape index (κ3) is 1.66. The molecule has 0 bridgehead atoms. The van der Waals surface area contributed by atoms with E-state index in [-0.39, 0.29) is 0 Å². The molecule has 0 aromatic heterocycles. The van der Waals surface area contributed by atoms with Crippen LogP contribution in [-0.4, -0.2) is 24.5 Å². The van der Waals surface area contributed by atoms with Gasteiger partial charge in [-0.1, -0.05) is 13.8 Å². The molecule has 2 rings (SSSR count). The standard InChI is InChI=1S/C11H21N/c1-9(2)11-6-10(7-11)8-12-4-3-5-12/h9-11H,3-8H2,1-2H3. The second-order valence-electron chi connectivity index (χ2n) is 5.00. The molecular weight excluding hydrogens is 146 g/mol. The van der Waals surface area contributed by atoms with E-state index in [1.165, 1.54) is 38.9 Å². The molecule has 0 spiro atoms. The topological polar surface area (TPSA) is 3.24 Å². The van der Waals surface area contributed by atoms with Crippen LogP contribution in [0.5, 0.6) is 0 Å². The van der Waals surface area contributed by atoms with Crippen LogP contribution in [0.4, 0.5) is 0 Å². The Labute approximate surface area is 76.1 Å². The smallest absolute Gasteiger partial charge is 0.000988 e. The molecule has 1 saturated heterocycles. The molecule has 2 aliphatic rings. The number of likely N-dealkylation sites (tertiary alicyclic amines) is 1. The van der Waals surface area contributed by atoms with Crippen LogP contribution in [0, 0.1) is 17.8 Å². The first-order valence-corrected chi connectivity index (χ1v) is 5.48. The Kier molecular flexibility index (Phi) is 2.40. The first-order valence-electron chi connectivity index (χ1n) is 5.48. The molecule has 0 aromatic carbocycles. The molecule has 0 unspecified atom stereocenters. The summed E-state index contributed by atoms with van der Waals surface area (Å²) in [6, 6.07) is 0. The van der Waals surface area contributed by atoms with Gasteiger partial charge >= 0.3 is 0 Å². The Hall–Kier alpha value is -0.0400. The highest BCUT2D eigenvalue weighted by atomic mass is 15.2. The molecule has 0 atom stereocenters. The summed E-state index contributed by atoms with van der Waals surface area (Å²) in [5.74, 6) is 3.03. The van der Waals surface area contributed by atoms with Gasteiger partial charge in [0, 0.05) is 6.54 Å². The maximum Gasteiger partial charge on any atom is 0.000988 e. The van der Waals surface area contributed by atoms with Crippen molar-refractivity contribution in [3.8, 4) is 0 Å². The third-order valence-electron chi connectivity index (χ3n) is 3.68. The Balaban J connectivity index is 1.61. The molecule has 70 valence electrons. The molecule has 0 aromatic rings. The normalized spacial score (nSPS) is 36.2. The van der Waals surface area contributed by atoms with Crippen LogP contribution >= 0.6 is 0 Å². The molecule has 1 nitrogen and oxygen atoms in total. The Morgan fingerprint density at radius 3 is 2.33 bits per heavy atom. The van der Waals surface area contributed by atoms with Gasteiger partial charge in [-0.15, -0.1) is 0 Å². The molecule has 1 heteroatoms. The van der Waals surface area contributed by atoms with Crippen molar-refractivity contribution in [3.05, 3.63) is 0 Å². The maximum absolute atomic E-state index is 2.61. The SMILES string of the molecule is CC(C)C1CC(CN2CCC2)C1. The fraction of sp³-hybridized carbons (Fsp3) is 1.00. The van der Waals surface area contributed by atoms with Crippen LogP contribution in [0.25, 0.3) is 0 Å². The van der Waals surface area contributed by atoms with Crippen LogP contribution in [0.3, 0.4) is 0 Å². The summed E-state index contributed by atoms with van der Waals surface area (Å²) < 4.78 is 0. The van der Waals surface area contributed by atoms with Crippen molar-refractivity contribution in [2.45, 2.75) is 33.1 Å². The molecule has 1 aliphatic heterocycles. The van der Waals surface area contributed by atoms with Crippen molar-refractivity contribution in [1.29, 1.82) is 0 Å². The van der Waals surface area contributed by atoms with Crippen LogP contribution in [0.15, 0.2) is 0 Å². The minimum atomic E-state index is 0.928. The maximum atomic E-state index is 2.61. The molecule has 0 radical (unpaired) electrons. The monoisotopic (exact) mass is 167 g/mol. The molecule has 1 saturated carbocycles. The van der Waals surface area contributed by atoms with Gasteiger partial charge in [0.15, 0.2) is 0 Å². The average Bonchev–Trinajstić information content (AvgIpc) is 1.79. The third-order valence-corrected chi connectivity index (χ3v) is 3.68. The second kappa shape index (κ2) is 3.37. The van der Waals surface area contributed by atoms with E-state index in [4.69, 9.17) is 0 Å². The van der Waals surface area contributed by atoms with Gasteiger partial charge in [-0.25, -0.2) is 0 Å². The minimum absolute atomic E-state index is 0.928. The summed E-state index contributed by atoms with van der Waals surface area (Å²) in [6.07, 6.45) is 4.46. The van der Waals surface area contributed by atoms with Crippen molar-refractivity contribution in [3.63, 3.8) is 0 Å². The number of nitrogens with zero attached hydrogens (tertiary/aromatic N) is 1. The van der Waals surface area contributed by atoms with Gasteiger partial charge in [-0.3, -0.25) is 0 Å². The second-order valence-corrected chi connectivity index (χ2v) is 5.00. The van der Waals surface area contributed by atoms with Gasteiger partial charge in [-0.05, 0) is 50.1 Å². The minimum Gasteiger partial charge on any atom is -0.303 e.